The fraction of sp³-hybridized carbons (Fsp3) is 0.500. The van der Waals surface area contributed by atoms with E-state index in [0.29, 0.717) is 18.6 Å². The van der Waals surface area contributed by atoms with Crippen molar-refractivity contribution in [1.82, 2.24) is 0 Å². The predicted molar refractivity (Wildman–Crippen MR) is 49.3 cm³/mol. The highest BCUT2D eigenvalue weighted by Gasteiger charge is 2.24. The average molecular weight is 182 g/mol. The zero-order valence-corrected chi connectivity index (χ0v) is 8.22. The molecule has 1 aliphatic rings. The summed E-state index contributed by atoms with van der Waals surface area (Å²) in [5, 5.41) is 0. The Hall–Kier alpha value is -1.09. The molecule has 0 bridgehead atoms. The van der Waals surface area contributed by atoms with Gasteiger partial charge in [-0.05, 0) is 18.1 Å². The van der Waals surface area contributed by atoms with Gasteiger partial charge < -0.3 is 9.47 Å². The van der Waals surface area contributed by atoms with E-state index < -0.39 is 0 Å². The van der Waals surface area contributed by atoms with E-state index in [-0.39, 0.29) is 5.78 Å². The van der Waals surface area contributed by atoms with Gasteiger partial charge >= 0.3 is 0 Å². The number of hydrogen-bond donors (Lipinski definition) is 0. The minimum Gasteiger partial charge on any atom is -0.504 e. The van der Waals surface area contributed by atoms with Crippen LogP contribution < -0.4 is 0 Å². The highest BCUT2D eigenvalue weighted by Crippen LogP contribution is 2.27. The first-order valence-electron chi connectivity index (χ1n) is 4.14. The largest absolute Gasteiger partial charge is 0.504 e. The van der Waals surface area contributed by atoms with Gasteiger partial charge in [0, 0.05) is 19.1 Å². The highest BCUT2D eigenvalue weighted by molar-refractivity contribution is 6.11. The first-order chi connectivity index (χ1) is 6.20. The molecule has 0 aliphatic heterocycles. The van der Waals surface area contributed by atoms with E-state index in [4.69, 9.17) is 9.47 Å². The van der Waals surface area contributed by atoms with E-state index in [1.807, 2.05) is 6.92 Å². The maximum atomic E-state index is 11.5. The number of carbonyl (C=O) groups excluding carboxylic acids is 1. The van der Waals surface area contributed by atoms with Crippen LogP contribution in [0.4, 0.5) is 0 Å². The van der Waals surface area contributed by atoms with Gasteiger partial charge in [-0.15, -0.1) is 0 Å². The summed E-state index contributed by atoms with van der Waals surface area (Å²) >= 11 is 0. The number of allylic oxidation sites excluding steroid dienone is 2. The Labute approximate surface area is 78.0 Å². The summed E-state index contributed by atoms with van der Waals surface area (Å²) in [6, 6.07) is 0. The summed E-state index contributed by atoms with van der Waals surface area (Å²) in [4.78, 5) is 11.5. The molecule has 1 rings (SSSR count). The second-order valence-electron chi connectivity index (χ2n) is 3.05. The Balaban J connectivity index is 2.80. The van der Waals surface area contributed by atoms with Crippen LogP contribution in [0.15, 0.2) is 23.0 Å². The third-order valence-electron chi connectivity index (χ3n) is 2.15. The van der Waals surface area contributed by atoms with Crippen LogP contribution in [0.1, 0.15) is 13.3 Å². The van der Waals surface area contributed by atoms with Gasteiger partial charge in [0.2, 0.25) is 0 Å². The van der Waals surface area contributed by atoms with Crippen LogP contribution in [0.3, 0.4) is 0 Å². The van der Waals surface area contributed by atoms with Crippen molar-refractivity contribution in [3.8, 4) is 0 Å². The topological polar surface area (TPSA) is 35.5 Å². The number of hydrogen-bond acceptors (Lipinski definition) is 3. The van der Waals surface area contributed by atoms with Crippen molar-refractivity contribution in [2.45, 2.75) is 13.3 Å². The Morgan fingerprint density at radius 1 is 1.46 bits per heavy atom. The van der Waals surface area contributed by atoms with E-state index >= 15 is 0 Å². The van der Waals surface area contributed by atoms with Crippen LogP contribution in [0, 0.1) is 0 Å². The van der Waals surface area contributed by atoms with Crippen molar-refractivity contribution < 1.29 is 14.3 Å². The van der Waals surface area contributed by atoms with E-state index in [0.717, 1.165) is 11.1 Å². The molecule has 0 heterocycles. The zero-order chi connectivity index (χ0) is 9.84. The lowest BCUT2D eigenvalue weighted by Gasteiger charge is -1.98. The molecule has 0 saturated heterocycles. The predicted octanol–water partition coefficient (Wildman–Crippen LogP) is 1.45. The van der Waals surface area contributed by atoms with Crippen LogP contribution in [-0.4, -0.2) is 26.6 Å². The molecule has 13 heavy (non-hydrogen) atoms. The molecule has 0 fully saturated rings. The molecule has 0 atom stereocenters. The number of rotatable bonds is 3. The molecule has 3 nitrogen and oxygen atoms in total. The Morgan fingerprint density at radius 3 is 2.69 bits per heavy atom. The van der Waals surface area contributed by atoms with E-state index in [2.05, 4.69) is 0 Å². The lowest BCUT2D eigenvalue weighted by molar-refractivity contribution is -0.112. The maximum Gasteiger partial charge on any atom is 0.188 e. The minimum atomic E-state index is 0.0777. The van der Waals surface area contributed by atoms with Gasteiger partial charge in [-0.25, -0.2) is 0 Å². The molecule has 0 unspecified atom stereocenters. The molecule has 0 aromatic carbocycles. The summed E-state index contributed by atoms with van der Waals surface area (Å²) in [6.07, 6.45) is 2.17. The van der Waals surface area contributed by atoms with Crippen LogP contribution in [0.2, 0.25) is 0 Å². The monoisotopic (exact) mass is 182 g/mol. The van der Waals surface area contributed by atoms with Crippen molar-refractivity contribution in [3.05, 3.63) is 23.0 Å². The summed E-state index contributed by atoms with van der Waals surface area (Å²) in [6.45, 7) is 2.35. The first-order valence-corrected chi connectivity index (χ1v) is 4.14. The highest BCUT2D eigenvalue weighted by atomic mass is 16.5. The van der Waals surface area contributed by atoms with Crippen molar-refractivity contribution >= 4 is 5.78 Å². The fourth-order valence-corrected chi connectivity index (χ4v) is 1.42. The van der Waals surface area contributed by atoms with Gasteiger partial charge in [0.15, 0.2) is 5.78 Å². The van der Waals surface area contributed by atoms with Crippen molar-refractivity contribution in [1.29, 1.82) is 0 Å². The van der Waals surface area contributed by atoms with Crippen molar-refractivity contribution in [3.63, 3.8) is 0 Å². The summed E-state index contributed by atoms with van der Waals surface area (Å²) in [5.41, 5.74) is 2.56. The smallest absolute Gasteiger partial charge is 0.188 e. The molecular weight excluding hydrogens is 168 g/mol. The number of ketones is 1. The molecule has 1 aliphatic carbocycles. The Kier molecular flexibility index (Phi) is 3.25. The molecule has 0 radical (unpaired) electrons. The summed E-state index contributed by atoms with van der Waals surface area (Å²) < 4.78 is 9.81. The summed E-state index contributed by atoms with van der Waals surface area (Å²) in [7, 11) is 3.17. The molecule has 0 aromatic rings. The number of Topliss-reactive ketones (excluding diaryl/α,β-unsaturated/α-hetero) is 1. The molecule has 72 valence electrons. The number of methoxy groups -OCH3 is 2. The lowest BCUT2D eigenvalue weighted by atomic mass is 10.2. The summed E-state index contributed by atoms with van der Waals surface area (Å²) in [5.74, 6) is 0.0777. The lowest BCUT2D eigenvalue weighted by Crippen LogP contribution is -1.96. The quantitative estimate of drug-likeness (QED) is 0.489. The first kappa shape index (κ1) is 9.99. The van der Waals surface area contributed by atoms with Crippen LogP contribution in [-0.2, 0) is 14.3 Å². The number of carbonyl (C=O) groups is 1. The van der Waals surface area contributed by atoms with Crippen LogP contribution in [0.5, 0.6) is 0 Å². The molecule has 3 heteroatoms. The van der Waals surface area contributed by atoms with Gasteiger partial charge in [0.1, 0.15) is 0 Å². The van der Waals surface area contributed by atoms with Crippen molar-refractivity contribution in [2.75, 3.05) is 20.8 Å². The SMILES string of the molecule is CO/C=C1/CC(COC)=C(C)C1=O. The maximum absolute atomic E-state index is 11.5. The molecule has 0 N–H and O–H groups in total. The van der Waals surface area contributed by atoms with Gasteiger partial charge in [-0.1, -0.05) is 0 Å². The number of ether oxygens (including phenoxy) is 2. The average Bonchev–Trinajstić information content (AvgIpc) is 2.36. The molecule has 0 saturated carbocycles. The Morgan fingerprint density at radius 2 is 2.15 bits per heavy atom. The fourth-order valence-electron chi connectivity index (χ4n) is 1.42. The second kappa shape index (κ2) is 4.23. The third kappa shape index (κ3) is 1.98. The molecule has 0 spiro atoms. The normalized spacial score (nSPS) is 20.2. The molecule has 0 aromatic heterocycles. The standard InChI is InChI=1S/C10H14O3/c1-7-8(5-12-2)4-9(6-13-3)10(7)11/h6H,4-5H2,1-3H3/b9-6-. The molecular formula is C10H14O3. The minimum absolute atomic E-state index is 0.0777. The van der Waals surface area contributed by atoms with E-state index in [9.17, 15) is 4.79 Å². The molecule has 0 amide bonds. The van der Waals surface area contributed by atoms with Gasteiger partial charge in [-0.3, -0.25) is 4.79 Å². The zero-order valence-electron chi connectivity index (χ0n) is 8.22. The van der Waals surface area contributed by atoms with E-state index in [1.54, 1.807) is 14.2 Å². The van der Waals surface area contributed by atoms with Gasteiger partial charge in [0.05, 0.1) is 20.0 Å². The van der Waals surface area contributed by atoms with Crippen LogP contribution >= 0.6 is 0 Å². The van der Waals surface area contributed by atoms with E-state index in [1.165, 1.54) is 6.26 Å². The van der Waals surface area contributed by atoms with Crippen molar-refractivity contribution in [2.24, 2.45) is 0 Å². The van der Waals surface area contributed by atoms with Gasteiger partial charge in [0.25, 0.3) is 0 Å². The third-order valence-corrected chi connectivity index (χ3v) is 2.15. The van der Waals surface area contributed by atoms with Crippen LogP contribution in [0.25, 0.3) is 0 Å². The van der Waals surface area contributed by atoms with Gasteiger partial charge in [-0.2, -0.15) is 0 Å². The Bertz CT molecular complexity index is 274. The second-order valence-corrected chi connectivity index (χ2v) is 3.05.